The molecule has 2 aromatic rings. The van der Waals surface area contributed by atoms with E-state index in [0.29, 0.717) is 6.04 Å². The quantitative estimate of drug-likeness (QED) is 0.848. The highest BCUT2D eigenvalue weighted by molar-refractivity contribution is 7.13. The first-order valence-electron chi connectivity index (χ1n) is 7.37. The van der Waals surface area contributed by atoms with Crippen molar-refractivity contribution in [1.29, 1.82) is 0 Å². The van der Waals surface area contributed by atoms with Gasteiger partial charge in [0.15, 0.2) is 5.82 Å². The average Bonchev–Trinajstić information content (AvgIpc) is 3.02. The van der Waals surface area contributed by atoms with E-state index in [1.54, 1.807) is 11.3 Å². The normalized spacial score (nSPS) is 25.9. The molecular weight excluding hydrogens is 268 g/mol. The molecule has 20 heavy (non-hydrogen) atoms. The van der Waals surface area contributed by atoms with Crippen LogP contribution in [0.25, 0.3) is 10.7 Å². The lowest BCUT2D eigenvalue weighted by Gasteiger charge is -2.32. The molecule has 0 aliphatic carbocycles. The van der Waals surface area contributed by atoms with E-state index < -0.39 is 0 Å². The van der Waals surface area contributed by atoms with Gasteiger partial charge in [-0.1, -0.05) is 6.07 Å². The Morgan fingerprint density at radius 1 is 1.20 bits per heavy atom. The molecule has 0 spiro atoms. The fourth-order valence-electron chi connectivity index (χ4n) is 3.49. The molecule has 0 unspecified atom stereocenters. The second-order valence-electron chi connectivity index (χ2n) is 5.74. The van der Waals surface area contributed by atoms with Crippen molar-refractivity contribution in [2.45, 2.75) is 18.9 Å². The molecule has 3 aliphatic rings. The Labute approximate surface area is 123 Å². The van der Waals surface area contributed by atoms with E-state index >= 15 is 0 Å². The van der Waals surface area contributed by atoms with Crippen LogP contribution < -0.4 is 4.90 Å². The van der Waals surface area contributed by atoms with Crippen LogP contribution in [0.15, 0.2) is 23.7 Å². The zero-order chi connectivity index (χ0) is 13.5. The van der Waals surface area contributed by atoms with Crippen LogP contribution >= 0.6 is 11.3 Å². The molecular formula is C15H20N4S. The van der Waals surface area contributed by atoms with Gasteiger partial charge in [-0.2, -0.15) is 0 Å². The summed E-state index contributed by atoms with van der Waals surface area (Å²) in [5, 5.41) is 2.12. The summed E-state index contributed by atoms with van der Waals surface area (Å²) in [7, 11) is 2.15. The number of piperidine rings is 1. The number of fused-ring (bicyclic) bond motifs is 4. The van der Waals surface area contributed by atoms with Gasteiger partial charge in [-0.25, -0.2) is 4.98 Å². The van der Waals surface area contributed by atoms with Crippen molar-refractivity contribution in [3.8, 4) is 10.7 Å². The van der Waals surface area contributed by atoms with E-state index in [9.17, 15) is 0 Å². The van der Waals surface area contributed by atoms with Crippen molar-refractivity contribution >= 4 is 17.2 Å². The Morgan fingerprint density at radius 3 is 2.80 bits per heavy atom. The third kappa shape index (κ3) is 1.96. The maximum Gasteiger partial charge on any atom is 0.151 e. The van der Waals surface area contributed by atoms with Gasteiger partial charge in [0, 0.05) is 39.3 Å². The standard InChI is InChI=1S/C15H20N4S/c1-17-14(11-16-15(17)13-3-2-10-20-13)19-9-8-18-6-4-12(19)5-7-18/h2-3,10-12H,4-9H2,1H3. The molecule has 5 rings (SSSR count). The summed E-state index contributed by atoms with van der Waals surface area (Å²) >= 11 is 1.76. The predicted molar refractivity (Wildman–Crippen MR) is 83.3 cm³/mol. The Hall–Kier alpha value is -1.33. The maximum absolute atomic E-state index is 4.66. The zero-order valence-electron chi connectivity index (χ0n) is 11.8. The lowest BCUT2D eigenvalue weighted by molar-refractivity contribution is 0.250. The minimum absolute atomic E-state index is 0.695. The molecule has 0 N–H and O–H groups in total. The number of nitrogens with zero attached hydrogens (tertiary/aromatic N) is 4. The van der Waals surface area contributed by atoms with Crippen LogP contribution in [0.3, 0.4) is 0 Å². The molecule has 3 saturated heterocycles. The summed E-state index contributed by atoms with van der Waals surface area (Å²) < 4.78 is 2.26. The summed E-state index contributed by atoms with van der Waals surface area (Å²) in [6.07, 6.45) is 4.64. The van der Waals surface area contributed by atoms with Crippen molar-refractivity contribution in [3.05, 3.63) is 23.7 Å². The van der Waals surface area contributed by atoms with Gasteiger partial charge in [0.05, 0.1) is 11.1 Å². The zero-order valence-corrected chi connectivity index (χ0v) is 12.6. The molecule has 0 amide bonds. The molecule has 0 saturated carbocycles. The van der Waals surface area contributed by atoms with Crippen molar-refractivity contribution < 1.29 is 0 Å². The van der Waals surface area contributed by atoms with E-state index in [0.717, 1.165) is 12.4 Å². The van der Waals surface area contributed by atoms with E-state index in [1.807, 2.05) is 0 Å². The SMILES string of the molecule is Cn1c(N2CCN3CCC2CC3)cnc1-c1cccs1. The number of hydrogen-bond donors (Lipinski definition) is 0. The van der Waals surface area contributed by atoms with Gasteiger partial charge < -0.3 is 14.4 Å². The highest BCUT2D eigenvalue weighted by Crippen LogP contribution is 2.31. The van der Waals surface area contributed by atoms with Gasteiger partial charge in [0.2, 0.25) is 0 Å². The van der Waals surface area contributed by atoms with Crippen LogP contribution in [0.5, 0.6) is 0 Å². The molecule has 106 valence electrons. The largest absolute Gasteiger partial charge is 0.352 e. The smallest absolute Gasteiger partial charge is 0.151 e. The van der Waals surface area contributed by atoms with Crippen molar-refractivity contribution in [3.63, 3.8) is 0 Å². The third-order valence-electron chi connectivity index (χ3n) is 4.65. The maximum atomic E-state index is 4.66. The molecule has 3 aliphatic heterocycles. The minimum Gasteiger partial charge on any atom is -0.352 e. The third-order valence-corrected chi connectivity index (χ3v) is 5.52. The molecule has 2 bridgehead atoms. The lowest BCUT2D eigenvalue weighted by Crippen LogP contribution is -2.38. The second kappa shape index (κ2) is 4.90. The van der Waals surface area contributed by atoms with Crippen LogP contribution in [-0.2, 0) is 7.05 Å². The topological polar surface area (TPSA) is 24.3 Å². The van der Waals surface area contributed by atoms with Gasteiger partial charge in [0.1, 0.15) is 5.82 Å². The lowest BCUT2D eigenvalue weighted by atomic mass is 10.1. The highest BCUT2D eigenvalue weighted by Gasteiger charge is 2.30. The molecule has 0 radical (unpaired) electrons. The molecule has 4 nitrogen and oxygen atoms in total. The Bertz CT molecular complexity index is 581. The Morgan fingerprint density at radius 2 is 2.05 bits per heavy atom. The minimum atomic E-state index is 0.695. The van der Waals surface area contributed by atoms with E-state index in [-0.39, 0.29) is 0 Å². The van der Waals surface area contributed by atoms with Crippen LogP contribution in [0.2, 0.25) is 0 Å². The van der Waals surface area contributed by atoms with Crippen LogP contribution in [0, 0.1) is 0 Å². The van der Waals surface area contributed by atoms with Crippen molar-refractivity contribution in [2.75, 3.05) is 31.1 Å². The average molecular weight is 288 g/mol. The number of thiophene rings is 1. The van der Waals surface area contributed by atoms with Gasteiger partial charge in [-0.15, -0.1) is 11.3 Å². The number of aromatic nitrogens is 2. The van der Waals surface area contributed by atoms with Gasteiger partial charge in [-0.05, 0) is 24.3 Å². The molecule has 2 aromatic heterocycles. The first-order valence-corrected chi connectivity index (χ1v) is 8.25. The van der Waals surface area contributed by atoms with E-state index in [4.69, 9.17) is 0 Å². The van der Waals surface area contributed by atoms with Crippen LogP contribution in [0.4, 0.5) is 5.82 Å². The Balaban J connectivity index is 1.69. The van der Waals surface area contributed by atoms with Crippen LogP contribution in [0.1, 0.15) is 12.8 Å². The molecule has 3 fully saturated rings. The molecule has 0 atom stereocenters. The molecule has 5 heterocycles. The Kier molecular flexibility index (Phi) is 3.04. The monoisotopic (exact) mass is 288 g/mol. The molecule has 0 aromatic carbocycles. The fraction of sp³-hybridized carbons (Fsp3) is 0.533. The fourth-order valence-corrected chi connectivity index (χ4v) is 4.25. The predicted octanol–water partition coefficient (Wildman–Crippen LogP) is 2.43. The van der Waals surface area contributed by atoms with E-state index in [1.165, 1.54) is 43.2 Å². The number of anilines is 1. The van der Waals surface area contributed by atoms with Crippen molar-refractivity contribution in [1.82, 2.24) is 14.5 Å². The summed E-state index contributed by atoms with van der Waals surface area (Å²) in [6, 6.07) is 4.94. The van der Waals surface area contributed by atoms with E-state index in [2.05, 4.69) is 50.1 Å². The first-order chi connectivity index (χ1) is 9.83. The first kappa shape index (κ1) is 12.4. The van der Waals surface area contributed by atoms with Gasteiger partial charge in [0.25, 0.3) is 0 Å². The van der Waals surface area contributed by atoms with Crippen molar-refractivity contribution in [2.24, 2.45) is 7.05 Å². The van der Waals surface area contributed by atoms with Gasteiger partial charge >= 0.3 is 0 Å². The summed E-state index contributed by atoms with van der Waals surface area (Å²) in [5.41, 5.74) is 0. The number of imidazole rings is 1. The van der Waals surface area contributed by atoms with Crippen LogP contribution in [-0.4, -0.2) is 46.7 Å². The number of rotatable bonds is 2. The van der Waals surface area contributed by atoms with Gasteiger partial charge in [-0.3, -0.25) is 0 Å². The second-order valence-corrected chi connectivity index (χ2v) is 6.69. The summed E-state index contributed by atoms with van der Waals surface area (Å²) in [4.78, 5) is 11.1. The summed E-state index contributed by atoms with van der Waals surface area (Å²) in [5.74, 6) is 2.37. The highest BCUT2D eigenvalue weighted by atomic mass is 32.1. The molecule has 5 heteroatoms. The summed E-state index contributed by atoms with van der Waals surface area (Å²) in [6.45, 7) is 4.84. The number of hydrogen-bond acceptors (Lipinski definition) is 4.